The van der Waals surface area contributed by atoms with Crippen LogP contribution >= 0.6 is 11.3 Å². The maximum atomic E-state index is 9.81. The van der Waals surface area contributed by atoms with Gasteiger partial charge in [0.1, 0.15) is 34.1 Å². The Hall–Kier alpha value is -3.83. The van der Waals surface area contributed by atoms with Crippen molar-refractivity contribution in [1.82, 2.24) is 9.97 Å². The summed E-state index contributed by atoms with van der Waals surface area (Å²) in [6.45, 7) is 2.80. The molecule has 0 atom stereocenters. The summed E-state index contributed by atoms with van der Waals surface area (Å²) in [6, 6.07) is 16.7. The highest BCUT2D eigenvalue weighted by atomic mass is 32.1. The third-order valence-electron chi connectivity index (χ3n) is 4.35. The molecule has 0 aliphatic rings. The SMILES string of the molecule is CCOc1ccccc1-c1sc2c(N=NCc3ccc(O)cc3)ncnc2c1C#N. The lowest BCUT2D eigenvalue weighted by Crippen LogP contribution is -1.93. The fraction of sp³-hybridized carbons (Fsp3) is 0.136. The zero-order valence-electron chi connectivity index (χ0n) is 16.1. The molecule has 30 heavy (non-hydrogen) atoms. The summed E-state index contributed by atoms with van der Waals surface area (Å²) in [6.07, 6.45) is 1.39. The summed E-state index contributed by atoms with van der Waals surface area (Å²) in [7, 11) is 0. The number of aromatic nitrogens is 2. The number of nitrogens with zero attached hydrogens (tertiary/aromatic N) is 5. The van der Waals surface area contributed by atoms with Crippen molar-refractivity contribution in [2.45, 2.75) is 13.5 Å². The van der Waals surface area contributed by atoms with Crippen molar-refractivity contribution in [2.75, 3.05) is 6.61 Å². The number of para-hydroxylation sites is 1. The smallest absolute Gasteiger partial charge is 0.195 e. The number of rotatable bonds is 6. The first-order valence-corrected chi connectivity index (χ1v) is 10.1. The molecule has 0 aliphatic carbocycles. The Morgan fingerprint density at radius 1 is 1.13 bits per heavy atom. The summed E-state index contributed by atoms with van der Waals surface area (Å²) >= 11 is 1.40. The molecule has 0 unspecified atom stereocenters. The van der Waals surface area contributed by atoms with E-state index >= 15 is 0 Å². The fourth-order valence-electron chi connectivity index (χ4n) is 2.98. The summed E-state index contributed by atoms with van der Waals surface area (Å²) in [5.41, 5.74) is 2.78. The number of nitriles is 1. The molecule has 4 rings (SSSR count). The molecule has 8 heteroatoms. The Bertz CT molecular complexity index is 1260. The summed E-state index contributed by atoms with van der Waals surface area (Å²) in [5.74, 6) is 1.34. The van der Waals surface area contributed by atoms with Gasteiger partial charge in [-0.15, -0.1) is 16.5 Å². The van der Waals surface area contributed by atoms with E-state index in [1.807, 2.05) is 31.2 Å². The third-order valence-corrected chi connectivity index (χ3v) is 5.56. The number of ether oxygens (including phenoxy) is 1. The van der Waals surface area contributed by atoms with Crippen LogP contribution in [0.1, 0.15) is 18.1 Å². The van der Waals surface area contributed by atoms with Crippen molar-refractivity contribution in [2.24, 2.45) is 10.2 Å². The highest BCUT2D eigenvalue weighted by Gasteiger charge is 2.20. The Morgan fingerprint density at radius 3 is 2.70 bits per heavy atom. The van der Waals surface area contributed by atoms with E-state index in [0.717, 1.165) is 16.0 Å². The van der Waals surface area contributed by atoms with Crippen LogP contribution in [0.2, 0.25) is 0 Å². The molecule has 0 amide bonds. The van der Waals surface area contributed by atoms with Gasteiger partial charge in [0.2, 0.25) is 0 Å². The van der Waals surface area contributed by atoms with Crippen molar-refractivity contribution in [3.8, 4) is 28.0 Å². The quantitative estimate of drug-likeness (QED) is 0.412. The van der Waals surface area contributed by atoms with Crippen LogP contribution in [-0.4, -0.2) is 21.7 Å². The maximum absolute atomic E-state index is 9.81. The number of thiophene rings is 1. The van der Waals surface area contributed by atoms with Gasteiger partial charge in [0.25, 0.3) is 0 Å². The summed E-state index contributed by atoms with van der Waals surface area (Å²) in [4.78, 5) is 9.34. The number of hydrogen-bond donors (Lipinski definition) is 1. The molecule has 2 heterocycles. The Morgan fingerprint density at radius 2 is 1.93 bits per heavy atom. The molecule has 0 saturated heterocycles. The largest absolute Gasteiger partial charge is 0.508 e. The number of phenolic OH excluding ortho intramolecular Hbond substituents is 1. The Labute approximate surface area is 177 Å². The summed E-state index contributed by atoms with van der Waals surface area (Å²) in [5, 5.41) is 27.7. The number of fused-ring (bicyclic) bond motifs is 1. The highest BCUT2D eigenvalue weighted by Crippen LogP contribution is 2.43. The van der Waals surface area contributed by atoms with Crippen molar-refractivity contribution >= 4 is 27.4 Å². The number of phenols is 1. The molecule has 4 aromatic rings. The van der Waals surface area contributed by atoms with Crippen LogP contribution in [0.25, 0.3) is 20.7 Å². The zero-order valence-corrected chi connectivity index (χ0v) is 16.9. The van der Waals surface area contributed by atoms with Crippen molar-refractivity contribution in [1.29, 1.82) is 5.26 Å². The van der Waals surface area contributed by atoms with E-state index in [9.17, 15) is 10.4 Å². The van der Waals surface area contributed by atoms with Crippen LogP contribution in [0.5, 0.6) is 11.5 Å². The predicted molar refractivity (Wildman–Crippen MR) is 115 cm³/mol. The van der Waals surface area contributed by atoms with Crippen LogP contribution in [0.4, 0.5) is 5.82 Å². The van der Waals surface area contributed by atoms with E-state index in [4.69, 9.17) is 4.74 Å². The molecule has 0 bridgehead atoms. The van der Waals surface area contributed by atoms with Crippen LogP contribution < -0.4 is 4.74 Å². The monoisotopic (exact) mass is 415 g/mol. The molecular weight excluding hydrogens is 398 g/mol. The van der Waals surface area contributed by atoms with Gasteiger partial charge in [-0.2, -0.15) is 10.4 Å². The highest BCUT2D eigenvalue weighted by molar-refractivity contribution is 7.23. The van der Waals surface area contributed by atoms with Gasteiger partial charge in [0.15, 0.2) is 5.82 Å². The van der Waals surface area contributed by atoms with Gasteiger partial charge in [-0.1, -0.05) is 24.3 Å². The second kappa shape index (κ2) is 8.68. The van der Waals surface area contributed by atoms with Crippen molar-refractivity contribution < 1.29 is 9.84 Å². The van der Waals surface area contributed by atoms with Crippen molar-refractivity contribution in [3.05, 3.63) is 66.0 Å². The third kappa shape index (κ3) is 3.83. The molecule has 1 N–H and O–H groups in total. The average molecular weight is 415 g/mol. The van der Waals surface area contributed by atoms with E-state index in [1.54, 1.807) is 24.3 Å². The molecule has 2 aromatic heterocycles. The molecule has 0 saturated carbocycles. The maximum Gasteiger partial charge on any atom is 0.195 e. The van der Waals surface area contributed by atoms with E-state index in [-0.39, 0.29) is 5.75 Å². The van der Waals surface area contributed by atoms with Gasteiger partial charge < -0.3 is 9.84 Å². The average Bonchev–Trinajstić information content (AvgIpc) is 3.15. The molecule has 2 aromatic carbocycles. The molecular formula is C22H17N5O2S. The first-order valence-electron chi connectivity index (χ1n) is 9.26. The molecule has 148 valence electrons. The Balaban J connectivity index is 1.74. The zero-order chi connectivity index (χ0) is 20.9. The molecule has 0 fully saturated rings. The minimum absolute atomic E-state index is 0.204. The lowest BCUT2D eigenvalue weighted by Gasteiger charge is -2.08. The minimum Gasteiger partial charge on any atom is -0.508 e. The van der Waals surface area contributed by atoms with Gasteiger partial charge in [-0.05, 0) is 36.8 Å². The minimum atomic E-state index is 0.204. The van der Waals surface area contributed by atoms with E-state index < -0.39 is 0 Å². The molecule has 0 spiro atoms. The van der Waals surface area contributed by atoms with Gasteiger partial charge >= 0.3 is 0 Å². The normalized spacial score (nSPS) is 11.1. The van der Waals surface area contributed by atoms with Crippen LogP contribution in [-0.2, 0) is 6.54 Å². The van der Waals surface area contributed by atoms with Crippen LogP contribution in [0.15, 0.2) is 65.1 Å². The van der Waals surface area contributed by atoms with Gasteiger partial charge in [0.05, 0.1) is 23.6 Å². The predicted octanol–water partition coefficient (Wildman–Crippen LogP) is 5.62. The first kappa shape index (κ1) is 19.5. The standard InChI is InChI=1S/C22H17N5O2S/c1-2-29-18-6-4-3-5-16(18)20-17(11-23)19-21(30-20)22(25-13-24-19)27-26-12-14-7-9-15(28)10-8-14/h3-10,13,28H,2,12H2,1H3. The van der Waals surface area contributed by atoms with Gasteiger partial charge in [0, 0.05) is 5.56 Å². The molecule has 7 nitrogen and oxygen atoms in total. The lowest BCUT2D eigenvalue weighted by molar-refractivity contribution is 0.341. The topological polar surface area (TPSA) is 104 Å². The second-order valence-corrected chi connectivity index (χ2v) is 7.31. The number of azo groups is 1. The molecule has 0 aliphatic heterocycles. The fourth-order valence-corrected chi connectivity index (χ4v) is 4.15. The van der Waals surface area contributed by atoms with Gasteiger partial charge in [-0.3, -0.25) is 0 Å². The number of aromatic hydroxyl groups is 1. The number of hydrogen-bond acceptors (Lipinski definition) is 8. The van der Waals surface area contributed by atoms with E-state index in [0.29, 0.717) is 40.5 Å². The second-order valence-electron chi connectivity index (χ2n) is 6.29. The van der Waals surface area contributed by atoms with Crippen LogP contribution in [0.3, 0.4) is 0 Å². The van der Waals surface area contributed by atoms with E-state index in [1.165, 1.54) is 17.7 Å². The molecule has 0 radical (unpaired) electrons. The summed E-state index contributed by atoms with van der Waals surface area (Å²) < 4.78 is 6.44. The lowest BCUT2D eigenvalue weighted by atomic mass is 10.1. The van der Waals surface area contributed by atoms with Crippen LogP contribution in [0, 0.1) is 11.3 Å². The van der Waals surface area contributed by atoms with Gasteiger partial charge in [-0.25, -0.2) is 9.97 Å². The van der Waals surface area contributed by atoms with E-state index in [2.05, 4.69) is 26.3 Å². The van der Waals surface area contributed by atoms with Crippen molar-refractivity contribution in [3.63, 3.8) is 0 Å². The Kier molecular flexibility index (Phi) is 5.63. The number of benzene rings is 2. The first-order chi connectivity index (χ1) is 14.7.